The van der Waals surface area contributed by atoms with Gasteiger partial charge in [-0.3, -0.25) is 4.90 Å². The number of rotatable bonds is 3. The summed E-state index contributed by atoms with van der Waals surface area (Å²) in [5, 5.41) is 12.6. The van der Waals surface area contributed by atoms with Crippen LogP contribution in [0.3, 0.4) is 0 Å². The van der Waals surface area contributed by atoms with Crippen molar-refractivity contribution in [1.29, 1.82) is 0 Å². The van der Waals surface area contributed by atoms with Crippen LogP contribution in [-0.2, 0) is 4.74 Å². The van der Waals surface area contributed by atoms with Gasteiger partial charge in [0.15, 0.2) is 0 Å². The Hall–Kier alpha value is -1.58. The van der Waals surface area contributed by atoms with Crippen molar-refractivity contribution in [3.8, 4) is 5.75 Å². The lowest BCUT2D eigenvalue weighted by Crippen LogP contribution is -2.34. The third-order valence-electron chi connectivity index (χ3n) is 4.47. The lowest BCUT2D eigenvalue weighted by Gasteiger charge is -2.30. The van der Waals surface area contributed by atoms with Gasteiger partial charge in [0.2, 0.25) is 0 Å². The van der Waals surface area contributed by atoms with E-state index in [0.29, 0.717) is 11.8 Å². The van der Waals surface area contributed by atoms with Crippen LogP contribution in [0.4, 0.5) is 0 Å². The molecule has 2 unspecified atom stereocenters. The van der Waals surface area contributed by atoms with E-state index < -0.39 is 0 Å². The molecule has 0 bridgehead atoms. The number of nitrogens with zero attached hydrogens (tertiary/aromatic N) is 1. The Balaban J connectivity index is 1.94. The van der Waals surface area contributed by atoms with Gasteiger partial charge in [-0.2, -0.15) is 0 Å². The normalized spacial score (nSPS) is 20.6. The Labute approximate surface area is 119 Å². The summed E-state index contributed by atoms with van der Waals surface area (Å²) in [4.78, 5) is 2.30. The molecule has 0 aromatic heterocycles. The second kappa shape index (κ2) is 5.43. The maximum atomic E-state index is 10.6. The summed E-state index contributed by atoms with van der Waals surface area (Å²) in [5.41, 5.74) is 0.984. The number of hydrogen-bond acceptors (Lipinski definition) is 3. The van der Waals surface area contributed by atoms with E-state index in [9.17, 15) is 5.11 Å². The van der Waals surface area contributed by atoms with Gasteiger partial charge in [0, 0.05) is 29.6 Å². The predicted octanol–water partition coefficient (Wildman–Crippen LogP) is 3.33. The van der Waals surface area contributed by atoms with Crippen LogP contribution in [0.15, 0.2) is 36.4 Å². The number of benzene rings is 2. The summed E-state index contributed by atoms with van der Waals surface area (Å²) in [6, 6.07) is 12.7. The molecule has 1 saturated heterocycles. The molecule has 0 saturated carbocycles. The molecular formula is C17H21NO2. The van der Waals surface area contributed by atoms with Gasteiger partial charge in [-0.1, -0.05) is 36.4 Å². The van der Waals surface area contributed by atoms with Crippen molar-refractivity contribution >= 4 is 10.8 Å². The molecule has 1 fully saturated rings. The van der Waals surface area contributed by atoms with Crippen molar-refractivity contribution in [3.05, 3.63) is 42.0 Å². The molecule has 1 aliphatic heterocycles. The van der Waals surface area contributed by atoms with Gasteiger partial charge in [0.25, 0.3) is 0 Å². The number of hydrogen-bond donors (Lipinski definition) is 1. The Bertz CT molecular complexity index is 605. The lowest BCUT2D eigenvalue weighted by molar-refractivity contribution is 0.137. The standard InChI is InChI=1S/C17H21NO2/c1-12(18(2)14-9-10-20-11-14)15-8-7-13-5-3-4-6-16(13)17(15)19/h3-8,12,14,19H,9-11H2,1-2H3. The Kier molecular flexibility index (Phi) is 3.64. The average molecular weight is 271 g/mol. The Morgan fingerprint density at radius 3 is 2.80 bits per heavy atom. The van der Waals surface area contributed by atoms with E-state index in [-0.39, 0.29) is 6.04 Å². The number of aromatic hydroxyl groups is 1. The molecule has 0 radical (unpaired) electrons. The first kappa shape index (κ1) is 13.4. The van der Waals surface area contributed by atoms with E-state index in [1.165, 1.54) is 0 Å². The van der Waals surface area contributed by atoms with E-state index in [1.54, 1.807) is 0 Å². The van der Waals surface area contributed by atoms with Crippen LogP contribution in [0, 0.1) is 0 Å². The fraction of sp³-hybridized carbons (Fsp3) is 0.412. The summed E-state index contributed by atoms with van der Waals surface area (Å²) < 4.78 is 5.46. The second-order valence-corrected chi connectivity index (χ2v) is 5.58. The van der Waals surface area contributed by atoms with Gasteiger partial charge < -0.3 is 9.84 Å². The fourth-order valence-corrected chi connectivity index (χ4v) is 2.99. The molecule has 0 spiro atoms. The van der Waals surface area contributed by atoms with Crippen LogP contribution >= 0.6 is 0 Å². The van der Waals surface area contributed by atoms with Crippen molar-refractivity contribution in [2.24, 2.45) is 0 Å². The Morgan fingerprint density at radius 2 is 2.05 bits per heavy atom. The van der Waals surface area contributed by atoms with Crippen molar-refractivity contribution in [2.75, 3.05) is 20.3 Å². The summed E-state index contributed by atoms with van der Waals surface area (Å²) in [7, 11) is 2.11. The van der Waals surface area contributed by atoms with Crippen LogP contribution in [0.2, 0.25) is 0 Å². The van der Waals surface area contributed by atoms with E-state index >= 15 is 0 Å². The van der Waals surface area contributed by atoms with Crippen LogP contribution in [0.25, 0.3) is 10.8 Å². The number of phenols is 1. The molecule has 3 rings (SSSR count). The third kappa shape index (κ3) is 2.28. The van der Waals surface area contributed by atoms with E-state index in [0.717, 1.165) is 36.0 Å². The lowest BCUT2D eigenvalue weighted by atomic mass is 9.99. The van der Waals surface area contributed by atoms with Crippen LogP contribution in [0.1, 0.15) is 24.9 Å². The number of likely N-dealkylation sites (N-methyl/N-ethyl adjacent to an activating group) is 1. The first-order chi connectivity index (χ1) is 9.68. The van der Waals surface area contributed by atoms with E-state index in [2.05, 4.69) is 24.9 Å². The van der Waals surface area contributed by atoms with E-state index in [4.69, 9.17) is 4.74 Å². The van der Waals surface area contributed by atoms with Gasteiger partial charge in [-0.05, 0) is 25.8 Å². The van der Waals surface area contributed by atoms with Crippen LogP contribution in [0.5, 0.6) is 5.75 Å². The second-order valence-electron chi connectivity index (χ2n) is 5.58. The predicted molar refractivity (Wildman–Crippen MR) is 81.0 cm³/mol. The fourth-order valence-electron chi connectivity index (χ4n) is 2.99. The zero-order valence-corrected chi connectivity index (χ0v) is 12.0. The summed E-state index contributed by atoms with van der Waals surface area (Å²) in [5.74, 6) is 0.404. The highest BCUT2D eigenvalue weighted by atomic mass is 16.5. The first-order valence-electron chi connectivity index (χ1n) is 7.19. The maximum Gasteiger partial charge on any atom is 0.128 e. The van der Waals surface area contributed by atoms with Crippen molar-refractivity contribution in [1.82, 2.24) is 4.90 Å². The quantitative estimate of drug-likeness (QED) is 0.929. The molecule has 0 amide bonds. The van der Waals surface area contributed by atoms with Gasteiger partial charge in [0.05, 0.1) is 6.61 Å². The molecule has 0 aliphatic carbocycles. The molecule has 2 aromatic carbocycles. The molecule has 1 heterocycles. The monoisotopic (exact) mass is 271 g/mol. The molecule has 1 aliphatic rings. The smallest absolute Gasteiger partial charge is 0.128 e. The van der Waals surface area contributed by atoms with Crippen LogP contribution in [-0.4, -0.2) is 36.3 Å². The topological polar surface area (TPSA) is 32.7 Å². The zero-order valence-electron chi connectivity index (χ0n) is 12.0. The molecule has 2 aromatic rings. The van der Waals surface area contributed by atoms with Crippen molar-refractivity contribution < 1.29 is 9.84 Å². The minimum absolute atomic E-state index is 0.173. The number of ether oxygens (including phenoxy) is 1. The maximum absolute atomic E-state index is 10.6. The average Bonchev–Trinajstić information content (AvgIpc) is 3.01. The van der Waals surface area contributed by atoms with Gasteiger partial charge in [0.1, 0.15) is 5.75 Å². The van der Waals surface area contributed by atoms with Gasteiger partial charge in [-0.15, -0.1) is 0 Å². The van der Waals surface area contributed by atoms with Gasteiger partial charge in [-0.25, -0.2) is 0 Å². The molecule has 1 N–H and O–H groups in total. The largest absolute Gasteiger partial charge is 0.507 e. The highest BCUT2D eigenvalue weighted by Gasteiger charge is 2.26. The molecule has 3 nitrogen and oxygen atoms in total. The van der Waals surface area contributed by atoms with Gasteiger partial charge >= 0.3 is 0 Å². The van der Waals surface area contributed by atoms with Crippen LogP contribution < -0.4 is 0 Å². The molecule has 3 heteroatoms. The minimum Gasteiger partial charge on any atom is -0.507 e. The zero-order chi connectivity index (χ0) is 14.1. The summed E-state index contributed by atoms with van der Waals surface area (Å²) >= 11 is 0. The molecule has 2 atom stereocenters. The summed E-state index contributed by atoms with van der Waals surface area (Å²) in [6.07, 6.45) is 1.06. The summed E-state index contributed by atoms with van der Waals surface area (Å²) in [6.45, 7) is 3.77. The van der Waals surface area contributed by atoms with E-state index in [1.807, 2.05) is 30.3 Å². The number of phenolic OH excluding ortho intramolecular Hbond substituents is 1. The Morgan fingerprint density at radius 1 is 1.25 bits per heavy atom. The SMILES string of the molecule is CC(c1ccc2ccccc2c1O)N(C)C1CCOC1. The molecular weight excluding hydrogens is 250 g/mol. The minimum atomic E-state index is 0.173. The van der Waals surface area contributed by atoms with Crippen molar-refractivity contribution in [2.45, 2.75) is 25.4 Å². The first-order valence-corrected chi connectivity index (χ1v) is 7.19. The number of fused-ring (bicyclic) bond motifs is 1. The highest BCUT2D eigenvalue weighted by Crippen LogP contribution is 2.35. The van der Waals surface area contributed by atoms with Crippen molar-refractivity contribution in [3.63, 3.8) is 0 Å². The highest BCUT2D eigenvalue weighted by molar-refractivity contribution is 5.89. The third-order valence-corrected chi connectivity index (χ3v) is 4.47. The molecule has 106 valence electrons. The molecule has 20 heavy (non-hydrogen) atoms.